The minimum atomic E-state index is -0.712. The topological polar surface area (TPSA) is 106 Å². The maximum absolute atomic E-state index is 14.0. The fraction of sp³-hybridized carbons (Fsp3) is 0.529. The molecule has 238 valence electrons. The molecule has 2 aromatic carbocycles. The highest BCUT2D eigenvalue weighted by molar-refractivity contribution is 6.08. The third-order valence-corrected chi connectivity index (χ3v) is 8.00. The Morgan fingerprint density at radius 2 is 1.77 bits per heavy atom. The number of amides is 4. The molecule has 0 unspecified atom stereocenters. The highest BCUT2D eigenvalue weighted by Crippen LogP contribution is 2.32. The van der Waals surface area contributed by atoms with Crippen molar-refractivity contribution >= 4 is 23.8 Å². The summed E-state index contributed by atoms with van der Waals surface area (Å²) in [5.41, 5.74) is 1.98. The van der Waals surface area contributed by atoms with Crippen LogP contribution in [0.25, 0.3) is 0 Å². The highest BCUT2D eigenvalue weighted by atomic mass is 16.6. The van der Waals surface area contributed by atoms with Gasteiger partial charge >= 0.3 is 6.09 Å². The number of rotatable bonds is 10. The number of likely N-dealkylation sites (tertiary alicyclic amines) is 1. The van der Waals surface area contributed by atoms with Gasteiger partial charge in [0, 0.05) is 62.9 Å². The number of carbonyl (C=O) groups is 4. The summed E-state index contributed by atoms with van der Waals surface area (Å²) in [5, 5.41) is 0. The molecule has 0 radical (unpaired) electrons. The molecule has 1 saturated heterocycles. The number of aryl methyl sites for hydroxylation is 1. The van der Waals surface area contributed by atoms with E-state index >= 15 is 0 Å². The van der Waals surface area contributed by atoms with Crippen LogP contribution in [0.4, 0.5) is 4.79 Å². The Bertz CT molecular complexity index is 1380. The van der Waals surface area contributed by atoms with Crippen molar-refractivity contribution in [2.24, 2.45) is 11.8 Å². The first-order chi connectivity index (χ1) is 20.8. The van der Waals surface area contributed by atoms with Crippen molar-refractivity contribution in [3.8, 4) is 5.75 Å². The third kappa shape index (κ3) is 7.59. The first-order valence-electron chi connectivity index (χ1n) is 15.3. The van der Waals surface area contributed by atoms with Gasteiger partial charge in [0.25, 0.3) is 11.8 Å². The first-order valence-corrected chi connectivity index (χ1v) is 15.3. The molecule has 10 heteroatoms. The number of fused-ring (bicyclic) bond motifs is 1. The number of hydrogen-bond donors (Lipinski definition) is 0. The lowest BCUT2D eigenvalue weighted by Crippen LogP contribution is -2.45. The molecule has 0 bridgehead atoms. The maximum Gasteiger partial charge on any atom is 0.410 e. The van der Waals surface area contributed by atoms with Crippen molar-refractivity contribution in [2.75, 3.05) is 40.0 Å². The highest BCUT2D eigenvalue weighted by Gasteiger charge is 2.46. The Labute approximate surface area is 260 Å². The second-order valence-corrected chi connectivity index (χ2v) is 12.9. The number of imide groups is 1. The second-order valence-electron chi connectivity index (χ2n) is 12.9. The smallest absolute Gasteiger partial charge is 0.410 e. The summed E-state index contributed by atoms with van der Waals surface area (Å²) < 4.78 is 16.7. The number of nitrogens with zero attached hydrogens (tertiary/aromatic N) is 3. The molecule has 2 aliphatic heterocycles. The maximum atomic E-state index is 14.0. The summed E-state index contributed by atoms with van der Waals surface area (Å²) in [6.07, 6.45) is 0.201. The number of ether oxygens (including phenoxy) is 3. The lowest BCUT2D eigenvalue weighted by molar-refractivity contribution is -0.133. The van der Waals surface area contributed by atoms with Crippen molar-refractivity contribution in [1.82, 2.24) is 14.7 Å². The zero-order chi connectivity index (χ0) is 32.2. The summed E-state index contributed by atoms with van der Waals surface area (Å²) >= 11 is 0. The Morgan fingerprint density at radius 3 is 2.43 bits per heavy atom. The molecule has 44 heavy (non-hydrogen) atoms. The van der Waals surface area contributed by atoms with Gasteiger partial charge in [0.15, 0.2) is 0 Å². The molecule has 4 amide bonds. The quantitative estimate of drug-likeness (QED) is 0.279. The van der Waals surface area contributed by atoms with E-state index in [-0.39, 0.29) is 49.9 Å². The summed E-state index contributed by atoms with van der Waals surface area (Å²) in [4.78, 5) is 58.8. The predicted molar refractivity (Wildman–Crippen MR) is 165 cm³/mol. The summed E-state index contributed by atoms with van der Waals surface area (Å²) in [5.74, 6) is -1.35. The van der Waals surface area contributed by atoms with E-state index in [1.807, 2.05) is 39.0 Å². The Hall–Kier alpha value is -3.92. The van der Waals surface area contributed by atoms with Gasteiger partial charge in [-0.3, -0.25) is 19.3 Å². The molecule has 2 aromatic rings. The summed E-state index contributed by atoms with van der Waals surface area (Å²) in [6, 6.07) is 12.4. The van der Waals surface area contributed by atoms with Gasteiger partial charge in [0.1, 0.15) is 11.4 Å². The van der Waals surface area contributed by atoms with Crippen molar-refractivity contribution in [2.45, 2.75) is 66.2 Å². The molecule has 0 saturated carbocycles. The molecule has 2 atom stereocenters. The summed E-state index contributed by atoms with van der Waals surface area (Å²) in [7, 11) is 1.64. The average molecular weight is 608 g/mol. The molecule has 2 aliphatic rings. The number of hydrogen-bond acceptors (Lipinski definition) is 7. The SMILES string of the molecule is COCCCOc1cc(C(=O)N(C[C@@H]2CN(C(=O)OC(C)(C)C)C[C@@H]2C(=O)N2Cc3ccccc3C2=O)C(C)C)ccc1C. The van der Waals surface area contributed by atoms with E-state index in [1.165, 1.54) is 9.80 Å². The third-order valence-electron chi connectivity index (χ3n) is 8.00. The number of methoxy groups -OCH3 is 1. The molecule has 0 N–H and O–H groups in total. The molecule has 1 fully saturated rings. The molecule has 0 aromatic heterocycles. The first kappa shape index (κ1) is 33.0. The van der Waals surface area contributed by atoms with Gasteiger partial charge in [-0.05, 0) is 70.9 Å². The van der Waals surface area contributed by atoms with Gasteiger partial charge < -0.3 is 24.0 Å². The standard InChI is InChI=1S/C34H45N3O7/c1-22(2)36(30(38)24-14-13-23(3)29(17-24)43-16-10-15-42-7)20-26-18-35(33(41)44-34(4,5)6)21-28(26)32(40)37-19-25-11-8-9-12-27(25)31(37)39/h8-9,11-14,17,22,26,28H,10,15-16,18-21H2,1-7H3/t26-,28-/m0/s1. The molecule has 4 rings (SSSR count). The van der Waals surface area contributed by atoms with E-state index < -0.39 is 23.5 Å². The van der Waals surface area contributed by atoms with Gasteiger partial charge in [-0.2, -0.15) is 0 Å². The van der Waals surface area contributed by atoms with Crippen LogP contribution >= 0.6 is 0 Å². The number of carbonyl (C=O) groups excluding carboxylic acids is 4. The van der Waals surface area contributed by atoms with Crippen molar-refractivity contribution in [1.29, 1.82) is 0 Å². The average Bonchev–Trinajstić information content (AvgIpc) is 3.54. The van der Waals surface area contributed by atoms with Crippen molar-refractivity contribution in [3.05, 3.63) is 64.7 Å². The van der Waals surface area contributed by atoms with E-state index in [9.17, 15) is 19.2 Å². The second kappa shape index (κ2) is 13.8. The van der Waals surface area contributed by atoms with Crippen LogP contribution in [0.2, 0.25) is 0 Å². The molecular formula is C34H45N3O7. The van der Waals surface area contributed by atoms with Crippen LogP contribution in [0.5, 0.6) is 5.75 Å². The largest absolute Gasteiger partial charge is 0.493 e. The van der Waals surface area contributed by atoms with Crippen LogP contribution in [0.15, 0.2) is 42.5 Å². The van der Waals surface area contributed by atoms with E-state index in [0.717, 1.165) is 17.5 Å². The fourth-order valence-electron chi connectivity index (χ4n) is 5.66. The normalized spacial score (nSPS) is 18.0. The van der Waals surface area contributed by atoms with Crippen LogP contribution in [0.3, 0.4) is 0 Å². The zero-order valence-corrected chi connectivity index (χ0v) is 26.9. The lowest BCUT2D eigenvalue weighted by atomic mass is 9.93. The van der Waals surface area contributed by atoms with Crippen molar-refractivity contribution in [3.63, 3.8) is 0 Å². The van der Waals surface area contributed by atoms with Gasteiger partial charge in [-0.15, -0.1) is 0 Å². The van der Waals surface area contributed by atoms with Crippen molar-refractivity contribution < 1.29 is 33.4 Å². The monoisotopic (exact) mass is 607 g/mol. The molecular weight excluding hydrogens is 562 g/mol. The van der Waals surface area contributed by atoms with Crippen LogP contribution in [0, 0.1) is 18.8 Å². The van der Waals surface area contributed by atoms with E-state index in [1.54, 1.807) is 57.0 Å². The van der Waals surface area contributed by atoms with Gasteiger partial charge in [0.05, 0.1) is 19.1 Å². The minimum absolute atomic E-state index is 0.0999. The Morgan fingerprint density at radius 1 is 1.05 bits per heavy atom. The zero-order valence-electron chi connectivity index (χ0n) is 26.9. The molecule has 2 heterocycles. The van der Waals surface area contributed by atoms with Crippen LogP contribution in [-0.2, 0) is 20.8 Å². The van der Waals surface area contributed by atoms with Gasteiger partial charge in [-0.1, -0.05) is 24.3 Å². The molecule has 0 aliphatic carbocycles. The fourth-order valence-corrected chi connectivity index (χ4v) is 5.66. The van der Waals surface area contributed by atoms with Gasteiger partial charge in [0.2, 0.25) is 5.91 Å². The molecule has 10 nitrogen and oxygen atoms in total. The van der Waals surface area contributed by atoms with Crippen LogP contribution < -0.4 is 4.74 Å². The van der Waals surface area contributed by atoms with Gasteiger partial charge in [-0.25, -0.2) is 4.79 Å². The number of benzene rings is 2. The summed E-state index contributed by atoms with van der Waals surface area (Å²) in [6.45, 7) is 12.9. The van der Waals surface area contributed by atoms with Crippen LogP contribution in [0.1, 0.15) is 72.9 Å². The Kier molecular flexibility index (Phi) is 10.3. The van der Waals surface area contributed by atoms with Crippen LogP contribution in [-0.4, -0.2) is 90.1 Å². The van der Waals surface area contributed by atoms with E-state index in [0.29, 0.717) is 30.1 Å². The minimum Gasteiger partial charge on any atom is -0.493 e. The lowest BCUT2D eigenvalue weighted by Gasteiger charge is -2.32. The van der Waals surface area contributed by atoms with E-state index in [4.69, 9.17) is 14.2 Å². The molecule has 0 spiro atoms. The predicted octanol–water partition coefficient (Wildman–Crippen LogP) is 4.93. The van der Waals surface area contributed by atoms with E-state index in [2.05, 4.69) is 0 Å². The Balaban J connectivity index is 1.58.